The van der Waals surface area contributed by atoms with Gasteiger partial charge in [0, 0.05) is 26.2 Å². The van der Waals surface area contributed by atoms with Crippen LogP contribution in [0, 0.1) is 5.92 Å². The third kappa shape index (κ3) is 4.94. The summed E-state index contributed by atoms with van der Waals surface area (Å²) in [6.45, 7) is 13.5. The molecule has 0 aliphatic carbocycles. The number of nitrogens with one attached hydrogen (secondary N) is 1. The Labute approximate surface area is 107 Å². The van der Waals surface area contributed by atoms with Gasteiger partial charge in [0.15, 0.2) is 0 Å². The number of likely N-dealkylation sites (tertiary alicyclic amines) is 1. The van der Waals surface area contributed by atoms with Gasteiger partial charge < -0.3 is 15.0 Å². The van der Waals surface area contributed by atoms with Crippen LogP contribution in [0.5, 0.6) is 0 Å². The topological polar surface area (TPSA) is 24.5 Å². The van der Waals surface area contributed by atoms with E-state index in [-0.39, 0.29) is 5.60 Å². The molecule has 2 unspecified atom stereocenters. The lowest BCUT2D eigenvalue weighted by atomic mass is 9.92. The monoisotopic (exact) mass is 242 g/mol. The van der Waals surface area contributed by atoms with Crippen LogP contribution in [0.15, 0.2) is 0 Å². The van der Waals surface area contributed by atoms with Crippen molar-refractivity contribution in [1.82, 2.24) is 10.2 Å². The van der Waals surface area contributed by atoms with Gasteiger partial charge in [-0.2, -0.15) is 0 Å². The van der Waals surface area contributed by atoms with Gasteiger partial charge in [-0.05, 0) is 45.7 Å². The molecule has 0 aromatic carbocycles. The number of ether oxygens (including phenoxy) is 1. The minimum atomic E-state index is -0.0244. The predicted octanol–water partition coefficient (Wildman–Crippen LogP) is 2.12. The van der Waals surface area contributed by atoms with Crippen LogP contribution in [0.4, 0.5) is 0 Å². The number of nitrogens with zero attached hydrogens (tertiary/aromatic N) is 1. The highest BCUT2D eigenvalue weighted by atomic mass is 16.5. The minimum absolute atomic E-state index is 0.0244. The molecule has 1 heterocycles. The van der Waals surface area contributed by atoms with E-state index in [1.165, 1.54) is 25.9 Å². The molecule has 3 nitrogen and oxygen atoms in total. The van der Waals surface area contributed by atoms with Crippen molar-refractivity contribution in [2.75, 3.05) is 33.3 Å². The van der Waals surface area contributed by atoms with Gasteiger partial charge >= 0.3 is 0 Å². The van der Waals surface area contributed by atoms with E-state index in [2.05, 4.69) is 37.9 Å². The Morgan fingerprint density at radius 2 is 2.12 bits per heavy atom. The van der Waals surface area contributed by atoms with E-state index in [1.807, 2.05) is 0 Å². The maximum Gasteiger partial charge on any atom is 0.0749 e. The summed E-state index contributed by atoms with van der Waals surface area (Å²) in [5, 5.41) is 3.66. The first-order chi connectivity index (χ1) is 7.98. The maximum atomic E-state index is 5.51. The molecule has 17 heavy (non-hydrogen) atoms. The first-order valence-electron chi connectivity index (χ1n) is 6.99. The molecule has 0 spiro atoms. The highest BCUT2D eigenvalue weighted by Crippen LogP contribution is 2.20. The number of hydrogen-bond donors (Lipinski definition) is 1. The van der Waals surface area contributed by atoms with Gasteiger partial charge in [0.05, 0.1) is 5.60 Å². The molecule has 1 fully saturated rings. The third-order valence-electron chi connectivity index (χ3n) is 3.80. The van der Waals surface area contributed by atoms with Gasteiger partial charge in [0.25, 0.3) is 0 Å². The summed E-state index contributed by atoms with van der Waals surface area (Å²) < 4.78 is 5.51. The molecule has 0 amide bonds. The number of rotatable bonds is 6. The van der Waals surface area contributed by atoms with Crippen molar-refractivity contribution in [3.63, 3.8) is 0 Å². The molecule has 1 N–H and O–H groups in total. The zero-order valence-electron chi connectivity index (χ0n) is 12.3. The fourth-order valence-corrected chi connectivity index (χ4v) is 2.61. The quantitative estimate of drug-likeness (QED) is 0.772. The van der Waals surface area contributed by atoms with E-state index in [0.717, 1.165) is 19.0 Å². The molecule has 2 atom stereocenters. The third-order valence-corrected chi connectivity index (χ3v) is 3.80. The molecule has 0 aromatic rings. The molecule has 0 aromatic heterocycles. The summed E-state index contributed by atoms with van der Waals surface area (Å²) in [4.78, 5) is 2.54. The molecule has 1 aliphatic rings. The summed E-state index contributed by atoms with van der Waals surface area (Å²) in [7, 11) is 1.80. The number of methoxy groups -OCH3 is 1. The highest BCUT2D eigenvalue weighted by molar-refractivity contribution is 4.85. The fraction of sp³-hybridized carbons (Fsp3) is 1.00. The van der Waals surface area contributed by atoms with E-state index in [0.29, 0.717) is 6.04 Å². The highest BCUT2D eigenvalue weighted by Gasteiger charge is 2.29. The van der Waals surface area contributed by atoms with Gasteiger partial charge in [0.1, 0.15) is 0 Å². The molecular formula is C14H30N2O. The minimum Gasteiger partial charge on any atom is -0.377 e. The average molecular weight is 242 g/mol. The van der Waals surface area contributed by atoms with Crippen molar-refractivity contribution in [3.8, 4) is 0 Å². The maximum absolute atomic E-state index is 5.51. The smallest absolute Gasteiger partial charge is 0.0749 e. The van der Waals surface area contributed by atoms with Gasteiger partial charge in [-0.15, -0.1) is 0 Å². The van der Waals surface area contributed by atoms with Gasteiger partial charge in [-0.1, -0.05) is 13.8 Å². The molecule has 1 rings (SSSR count). The zero-order valence-corrected chi connectivity index (χ0v) is 12.3. The summed E-state index contributed by atoms with van der Waals surface area (Å²) >= 11 is 0. The van der Waals surface area contributed by atoms with Gasteiger partial charge in [0.2, 0.25) is 0 Å². The Hall–Kier alpha value is -0.120. The Morgan fingerprint density at radius 3 is 2.65 bits per heavy atom. The molecule has 1 aliphatic heterocycles. The zero-order chi connectivity index (χ0) is 12.9. The molecule has 1 saturated heterocycles. The summed E-state index contributed by atoms with van der Waals surface area (Å²) in [5.74, 6) is 0.739. The van der Waals surface area contributed by atoms with Crippen molar-refractivity contribution < 1.29 is 4.74 Å². The summed E-state index contributed by atoms with van der Waals surface area (Å²) in [6, 6.07) is 0.705. The standard InChI is InChI=1S/C14H30N2O/c1-6-8-15-13-7-9-16(10-12(13)2)11-14(3,4)17-5/h12-13,15H,6-11H2,1-5H3. The van der Waals surface area contributed by atoms with E-state index >= 15 is 0 Å². The van der Waals surface area contributed by atoms with Gasteiger partial charge in [-0.3, -0.25) is 0 Å². The Kier molecular flexibility index (Phi) is 5.90. The predicted molar refractivity (Wildman–Crippen MR) is 73.4 cm³/mol. The van der Waals surface area contributed by atoms with Crippen molar-refractivity contribution >= 4 is 0 Å². The lowest BCUT2D eigenvalue weighted by Crippen LogP contribution is -2.51. The van der Waals surface area contributed by atoms with Crippen LogP contribution in [-0.4, -0.2) is 49.8 Å². The summed E-state index contributed by atoms with van der Waals surface area (Å²) in [6.07, 6.45) is 2.49. The Bertz CT molecular complexity index is 218. The molecule has 0 bridgehead atoms. The van der Waals surface area contributed by atoms with E-state index in [4.69, 9.17) is 4.74 Å². The van der Waals surface area contributed by atoms with Crippen LogP contribution in [0.2, 0.25) is 0 Å². The van der Waals surface area contributed by atoms with Crippen molar-refractivity contribution in [1.29, 1.82) is 0 Å². The van der Waals surface area contributed by atoms with Crippen molar-refractivity contribution in [3.05, 3.63) is 0 Å². The van der Waals surface area contributed by atoms with Crippen LogP contribution in [0.25, 0.3) is 0 Å². The average Bonchev–Trinajstić information content (AvgIpc) is 2.27. The second kappa shape index (κ2) is 6.72. The van der Waals surface area contributed by atoms with E-state index in [1.54, 1.807) is 7.11 Å². The van der Waals surface area contributed by atoms with Crippen molar-refractivity contribution in [2.24, 2.45) is 5.92 Å². The Morgan fingerprint density at radius 1 is 1.41 bits per heavy atom. The van der Waals surface area contributed by atoms with Crippen LogP contribution in [-0.2, 0) is 4.74 Å². The van der Waals surface area contributed by atoms with Crippen LogP contribution in [0.1, 0.15) is 40.5 Å². The molecule has 0 radical (unpaired) electrons. The van der Waals surface area contributed by atoms with Gasteiger partial charge in [-0.25, -0.2) is 0 Å². The van der Waals surface area contributed by atoms with Crippen LogP contribution in [0.3, 0.4) is 0 Å². The van der Waals surface area contributed by atoms with E-state index < -0.39 is 0 Å². The number of piperidine rings is 1. The normalized spacial score (nSPS) is 27.4. The molecule has 102 valence electrons. The molecule has 0 saturated carbocycles. The second-order valence-corrected chi connectivity index (χ2v) is 6.03. The van der Waals surface area contributed by atoms with Crippen LogP contribution >= 0.6 is 0 Å². The first-order valence-corrected chi connectivity index (χ1v) is 6.99. The van der Waals surface area contributed by atoms with E-state index in [9.17, 15) is 0 Å². The van der Waals surface area contributed by atoms with Crippen LogP contribution < -0.4 is 5.32 Å². The summed E-state index contributed by atoms with van der Waals surface area (Å²) in [5.41, 5.74) is -0.0244. The molecular weight excluding hydrogens is 212 g/mol. The van der Waals surface area contributed by atoms with Crippen molar-refractivity contribution in [2.45, 2.75) is 52.2 Å². The first kappa shape index (κ1) is 14.9. The Balaban J connectivity index is 2.36. The fourth-order valence-electron chi connectivity index (χ4n) is 2.61. The SMILES string of the molecule is CCCNC1CCN(CC(C)(C)OC)CC1C. The number of hydrogen-bond acceptors (Lipinski definition) is 3. The lowest BCUT2D eigenvalue weighted by Gasteiger charge is -2.40. The second-order valence-electron chi connectivity index (χ2n) is 6.03. The molecule has 3 heteroatoms. The lowest BCUT2D eigenvalue weighted by molar-refractivity contribution is -0.0186. The largest absolute Gasteiger partial charge is 0.377 e.